The summed E-state index contributed by atoms with van der Waals surface area (Å²) in [6, 6.07) is 9.45. The van der Waals surface area contributed by atoms with Gasteiger partial charge in [0.1, 0.15) is 11.6 Å². The van der Waals surface area contributed by atoms with Gasteiger partial charge < -0.3 is 24.8 Å². The highest BCUT2D eigenvalue weighted by Crippen LogP contribution is 2.16. The van der Waals surface area contributed by atoms with E-state index in [4.69, 9.17) is 4.74 Å². The molecule has 0 aliphatic carbocycles. The van der Waals surface area contributed by atoms with Crippen LogP contribution in [-0.2, 0) is 16.0 Å². The minimum Gasteiger partial charge on any atom is -0.444 e. The van der Waals surface area contributed by atoms with E-state index in [9.17, 15) is 9.59 Å². The number of imidazole rings is 1. The van der Waals surface area contributed by atoms with Crippen LogP contribution in [-0.4, -0.2) is 64.7 Å². The van der Waals surface area contributed by atoms with Crippen LogP contribution in [0.15, 0.2) is 42.9 Å². The summed E-state index contributed by atoms with van der Waals surface area (Å²) in [4.78, 5) is 36.5. The van der Waals surface area contributed by atoms with Crippen molar-refractivity contribution in [3.8, 4) is 0 Å². The Kier molecular flexibility index (Phi) is 6.41. The number of anilines is 1. The van der Waals surface area contributed by atoms with E-state index in [0.717, 1.165) is 24.5 Å². The third kappa shape index (κ3) is 5.97. The molecule has 2 N–H and O–H groups in total. The number of nitrogens with zero attached hydrogens (tertiary/aromatic N) is 3. The molecule has 8 heteroatoms. The first-order valence-corrected chi connectivity index (χ1v) is 9.87. The zero-order valence-corrected chi connectivity index (χ0v) is 17.2. The van der Waals surface area contributed by atoms with Crippen molar-refractivity contribution in [1.29, 1.82) is 0 Å². The molecule has 3 rings (SSSR count). The molecule has 1 aliphatic rings. The number of aromatic amines is 1. The smallest absolute Gasteiger partial charge is 0.408 e. The predicted octanol–water partition coefficient (Wildman–Crippen LogP) is 2.19. The van der Waals surface area contributed by atoms with Crippen LogP contribution in [0, 0.1) is 0 Å². The molecule has 0 radical (unpaired) electrons. The SMILES string of the molecule is CC(C)(C)OC(=O)NC(Cc1cnc[nH]1)C(=O)N1CCN(c2ccccc2)CC1. The Hall–Kier alpha value is -3.03. The van der Waals surface area contributed by atoms with Crippen molar-refractivity contribution in [2.75, 3.05) is 31.1 Å². The van der Waals surface area contributed by atoms with E-state index in [1.165, 1.54) is 0 Å². The third-order valence-electron chi connectivity index (χ3n) is 4.68. The number of H-pyrrole nitrogens is 1. The molecular formula is C21H29N5O3. The second kappa shape index (κ2) is 8.98. The van der Waals surface area contributed by atoms with Crippen molar-refractivity contribution in [3.05, 3.63) is 48.5 Å². The van der Waals surface area contributed by atoms with Crippen molar-refractivity contribution in [1.82, 2.24) is 20.2 Å². The quantitative estimate of drug-likeness (QED) is 0.804. The van der Waals surface area contributed by atoms with Gasteiger partial charge in [0.05, 0.1) is 6.33 Å². The van der Waals surface area contributed by atoms with Crippen LogP contribution >= 0.6 is 0 Å². The fraction of sp³-hybridized carbons (Fsp3) is 0.476. The number of ether oxygens (including phenoxy) is 1. The number of alkyl carbamates (subject to hydrolysis) is 1. The van der Waals surface area contributed by atoms with E-state index in [-0.39, 0.29) is 5.91 Å². The number of amides is 2. The van der Waals surface area contributed by atoms with Gasteiger partial charge in [0.2, 0.25) is 5.91 Å². The third-order valence-corrected chi connectivity index (χ3v) is 4.68. The molecule has 0 spiro atoms. The van der Waals surface area contributed by atoms with Crippen LogP contribution < -0.4 is 10.2 Å². The van der Waals surface area contributed by atoms with Crippen LogP contribution in [0.4, 0.5) is 10.5 Å². The van der Waals surface area contributed by atoms with E-state index in [1.807, 2.05) is 18.2 Å². The van der Waals surface area contributed by atoms with Gasteiger partial charge in [-0.05, 0) is 32.9 Å². The standard InChI is InChI=1S/C21H29N5O3/c1-21(2,3)29-20(28)24-18(13-16-14-22-15-23-16)19(27)26-11-9-25(10-12-26)17-7-5-4-6-8-17/h4-8,14-15,18H,9-13H2,1-3H3,(H,22,23)(H,24,28). The van der Waals surface area contributed by atoms with E-state index in [0.29, 0.717) is 19.5 Å². The van der Waals surface area contributed by atoms with Crippen LogP contribution in [0.2, 0.25) is 0 Å². The zero-order valence-electron chi connectivity index (χ0n) is 17.2. The molecular weight excluding hydrogens is 370 g/mol. The molecule has 1 saturated heterocycles. The summed E-state index contributed by atoms with van der Waals surface area (Å²) < 4.78 is 5.34. The molecule has 1 aromatic heterocycles. The second-order valence-electron chi connectivity index (χ2n) is 8.13. The molecule has 8 nitrogen and oxygen atoms in total. The molecule has 2 amide bonds. The maximum Gasteiger partial charge on any atom is 0.408 e. The zero-order chi connectivity index (χ0) is 20.9. The van der Waals surface area contributed by atoms with Crippen LogP contribution in [0.5, 0.6) is 0 Å². The molecule has 1 atom stereocenters. The number of piperazine rings is 1. The Morgan fingerprint density at radius 3 is 2.45 bits per heavy atom. The molecule has 1 unspecified atom stereocenters. The van der Waals surface area contributed by atoms with Gasteiger partial charge in [0, 0.05) is 50.2 Å². The first-order chi connectivity index (χ1) is 13.8. The molecule has 156 valence electrons. The largest absolute Gasteiger partial charge is 0.444 e. The van der Waals surface area contributed by atoms with Gasteiger partial charge >= 0.3 is 6.09 Å². The van der Waals surface area contributed by atoms with Gasteiger partial charge in [-0.1, -0.05) is 18.2 Å². The summed E-state index contributed by atoms with van der Waals surface area (Å²) in [6.45, 7) is 8.08. The maximum atomic E-state index is 13.2. The Morgan fingerprint density at radius 1 is 1.17 bits per heavy atom. The highest BCUT2D eigenvalue weighted by Gasteiger charge is 2.30. The van der Waals surface area contributed by atoms with Crippen molar-refractivity contribution in [3.63, 3.8) is 0 Å². The average Bonchev–Trinajstić information content (AvgIpc) is 3.19. The van der Waals surface area contributed by atoms with Crippen LogP contribution in [0.1, 0.15) is 26.5 Å². The summed E-state index contributed by atoms with van der Waals surface area (Å²) in [5.74, 6) is -0.113. The Balaban J connectivity index is 1.64. The first-order valence-electron chi connectivity index (χ1n) is 9.87. The van der Waals surface area contributed by atoms with Gasteiger partial charge in [0.25, 0.3) is 0 Å². The lowest BCUT2D eigenvalue weighted by Gasteiger charge is -2.37. The number of hydrogen-bond acceptors (Lipinski definition) is 5. The highest BCUT2D eigenvalue weighted by atomic mass is 16.6. The van der Waals surface area contributed by atoms with E-state index < -0.39 is 17.7 Å². The normalized spacial score (nSPS) is 15.7. The van der Waals surface area contributed by atoms with Gasteiger partial charge in [-0.3, -0.25) is 4.79 Å². The van der Waals surface area contributed by atoms with E-state index >= 15 is 0 Å². The number of hydrogen-bond donors (Lipinski definition) is 2. The Labute approximate surface area is 171 Å². The summed E-state index contributed by atoms with van der Waals surface area (Å²) in [5, 5.41) is 2.74. The predicted molar refractivity (Wildman–Crippen MR) is 111 cm³/mol. The van der Waals surface area contributed by atoms with E-state index in [2.05, 4.69) is 32.3 Å². The highest BCUT2D eigenvalue weighted by molar-refractivity contribution is 5.86. The van der Waals surface area contributed by atoms with Gasteiger partial charge in [-0.15, -0.1) is 0 Å². The topological polar surface area (TPSA) is 90.6 Å². The number of aromatic nitrogens is 2. The molecule has 2 heterocycles. The molecule has 0 bridgehead atoms. The molecule has 1 fully saturated rings. The van der Waals surface area contributed by atoms with Gasteiger partial charge in [0.15, 0.2) is 0 Å². The lowest BCUT2D eigenvalue weighted by Crippen LogP contribution is -2.56. The number of carbonyl (C=O) groups is 2. The molecule has 2 aromatic rings. The molecule has 1 aliphatic heterocycles. The van der Waals surface area contributed by atoms with Crippen LogP contribution in [0.3, 0.4) is 0 Å². The fourth-order valence-electron chi connectivity index (χ4n) is 3.31. The average molecular weight is 399 g/mol. The van der Waals surface area contributed by atoms with E-state index in [1.54, 1.807) is 38.2 Å². The minimum atomic E-state index is -0.714. The van der Waals surface area contributed by atoms with Crippen molar-refractivity contribution >= 4 is 17.7 Å². The number of para-hydroxylation sites is 1. The number of carbonyl (C=O) groups excluding carboxylic acids is 2. The van der Waals surface area contributed by atoms with Crippen molar-refractivity contribution in [2.24, 2.45) is 0 Å². The number of nitrogens with one attached hydrogen (secondary N) is 2. The first kappa shape index (κ1) is 20.7. The number of rotatable bonds is 5. The molecule has 0 saturated carbocycles. The summed E-state index contributed by atoms with van der Waals surface area (Å²) >= 11 is 0. The Morgan fingerprint density at radius 2 is 1.86 bits per heavy atom. The number of benzene rings is 1. The van der Waals surface area contributed by atoms with Gasteiger partial charge in [-0.2, -0.15) is 0 Å². The molecule has 1 aromatic carbocycles. The second-order valence-corrected chi connectivity index (χ2v) is 8.13. The lowest BCUT2D eigenvalue weighted by molar-refractivity contribution is -0.133. The van der Waals surface area contributed by atoms with Crippen molar-refractivity contribution in [2.45, 2.75) is 38.8 Å². The fourth-order valence-corrected chi connectivity index (χ4v) is 3.31. The summed E-state index contributed by atoms with van der Waals surface area (Å²) in [5.41, 5.74) is 1.30. The summed E-state index contributed by atoms with van der Waals surface area (Å²) in [7, 11) is 0. The monoisotopic (exact) mass is 399 g/mol. The lowest BCUT2D eigenvalue weighted by atomic mass is 10.1. The van der Waals surface area contributed by atoms with Crippen LogP contribution in [0.25, 0.3) is 0 Å². The summed E-state index contributed by atoms with van der Waals surface area (Å²) in [6.07, 6.45) is 2.95. The Bertz CT molecular complexity index is 793. The molecule has 29 heavy (non-hydrogen) atoms. The van der Waals surface area contributed by atoms with Gasteiger partial charge in [-0.25, -0.2) is 9.78 Å². The minimum absolute atomic E-state index is 0.113. The van der Waals surface area contributed by atoms with Crippen molar-refractivity contribution < 1.29 is 14.3 Å². The maximum absolute atomic E-state index is 13.2.